The smallest absolute Gasteiger partial charge is 0.317 e. The van der Waals surface area contributed by atoms with Gasteiger partial charge in [0.05, 0.1) is 19.3 Å². The highest BCUT2D eigenvalue weighted by molar-refractivity contribution is 5.77. The second-order valence-electron chi connectivity index (χ2n) is 4.55. The maximum atomic E-state index is 11.9. The van der Waals surface area contributed by atoms with Crippen molar-refractivity contribution in [1.29, 1.82) is 0 Å². The number of likely N-dealkylation sites (N-methyl/N-ethyl adjacent to an activating group) is 1. The average Bonchev–Trinajstić information content (AvgIpc) is 2.86. The van der Waals surface area contributed by atoms with E-state index in [1.54, 1.807) is 7.05 Å². The van der Waals surface area contributed by atoms with E-state index in [9.17, 15) is 9.59 Å². The molecule has 1 saturated heterocycles. The predicted molar refractivity (Wildman–Crippen MR) is 69.6 cm³/mol. The summed E-state index contributed by atoms with van der Waals surface area (Å²) in [4.78, 5) is 24.3. The number of carbonyl (C=O) groups is 2. The lowest BCUT2D eigenvalue weighted by Crippen LogP contribution is -2.48. The van der Waals surface area contributed by atoms with E-state index < -0.39 is 17.9 Å². The zero-order valence-corrected chi connectivity index (χ0v) is 11.1. The van der Waals surface area contributed by atoms with Gasteiger partial charge in [-0.1, -0.05) is 0 Å². The maximum absolute atomic E-state index is 11.9. The molecule has 0 aromatic rings. The molecule has 1 fully saturated rings. The lowest BCUT2D eigenvalue weighted by atomic mass is 10.0. The van der Waals surface area contributed by atoms with Crippen LogP contribution in [0.1, 0.15) is 19.3 Å². The van der Waals surface area contributed by atoms with E-state index in [1.807, 2.05) is 0 Å². The quantitative estimate of drug-likeness (QED) is 0.544. The fourth-order valence-corrected chi connectivity index (χ4v) is 1.98. The standard InChI is InChI=1S/C13H20N2O4/c1-3-4-5-6-7-14-13(18)15(2)11-9-19-8-10(11)12(16)17/h1,10-11H,4-9H2,2H3,(H,14,18)(H,16,17). The van der Waals surface area contributed by atoms with Gasteiger partial charge >= 0.3 is 12.0 Å². The molecule has 1 rings (SSSR count). The molecule has 2 N–H and O–H groups in total. The molecule has 0 spiro atoms. The fourth-order valence-electron chi connectivity index (χ4n) is 1.98. The summed E-state index contributed by atoms with van der Waals surface area (Å²) in [6, 6.07) is -0.689. The van der Waals surface area contributed by atoms with Crippen LogP contribution in [-0.4, -0.2) is 54.9 Å². The minimum absolute atomic E-state index is 0.153. The highest BCUT2D eigenvalue weighted by Crippen LogP contribution is 2.18. The van der Waals surface area contributed by atoms with Gasteiger partial charge in [0.15, 0.2) is 0 Å². The molecule has 19 heavy (non-hydrogen) atoms. The first-order valence-corrected chi connectivity index (χ1v) is 6.32. The normalized spacial score (nSPS) is 21.7. The number of hydrogen-bond donors (Lipinski definition) is 2. The zero-order chi connectivity index (χ0) is 14.3. The Morgan fingerprint density at radius 1 is 1.47 bits per heavy atom. The molecule has 2 atom stereocenters. The number of nitrogens with zero attached hydrogens (tertiary/aromatic N) is 1. The second kappa shape index (κ2) is 7.64. The summed E-state index contributed by atoms with van der Waals surface area (Å²) in [5.41, 5.74) is 0. The highest BCUT2D eigenvalue weighted by atomic mass is 16.5. The van der Waals surface area contributed by atoms with Crippen molar-refractivity contribution in [2.75, 3.05) is 26.8 Å². The minimum Gasteiger partial charge on any atom is -0.481 e. The summed E-state index contributed by atoms with van der Waals surface area (Å²) in [6.07, 6.45) is 7.51. The van der Waals surface area contributed by atoms with Crippen molar-refractivity contribution in [2.24, 2.45) is 5.92 Å². The number of unbranched alkanes of at least 4 members (excludes halogenated alkanes) is 2. The number of aliphatic carboxylic acids is 1. The summed E-state index contributed by atoms with van der Waals surface area (Å²) >= 11 is 0. The third kappa shape index (κ3) is 4.45. The van der Waals surface area contributed by atoms with Crippen LogP contribution in [0.15, 0.2) is 0 Å². The van der Waals surface area contributed by atoms with Crippen LogP contribution in [0.4, 0.5) is 4.79 Å². The lowest BCUT2D eigenvalue weighted by molar-refractivity contribution is -0.142. The van der Waals surface area contributed by atoms with E-state index in [0.29, 0.717) is 13.0 Å². The van der Waals surface area contributed by atoms with Crippen molar-refractivity contribution >= 4 is 12.0 Å². The minimum atomic E-state index is -0.934. The molecule has 1 aliphatic rings. The molecule has 0 radical (unpaired) electrons. The summed E-state index contributed by atoms with van der Waals surface area (Å²) < 4.78 is 5.14. The Morgan fingerprint density at radius 3 is 2.84 bits per heavy atom. The van der Waals surface area contributed by atoms with Gasteiger partial charge in [0.1, 0.15) is 5.92 Å². The number of carbonyl (C=O) groups excluding carboxylic acids is 1. The number of nitrogens with one attached hydrogen (secondary N) is 1. The van der Waals surface area contributed by atoms with E-state index in [1.165, 1.54) is 4.90 Å². The predicted octanol–water partition coefficient (Wildman–Crippen LogP) is 0.531. The van der Waals surface area contributed by atoms with Gasteiger partial charge in [-0.25, -0.2) is 4.79 Å². The molecule has 0 aromatic carbocycles. The highest BCUT2D eigenvalue weighted by Gasteiger charge is 2.38. The summed E-state index contributed by atoms with van der Waals surface area (Å²) in [7, 11) is 1.59. The molecular weight excluding hydrogens is 248 g/mol. The topological polar surface area (TPSA) is 78.9 Å². The first-order valence-electron chi connectivity index (χ1n) is 6.32. The second-order valence-corrected chi connectivity index (χ2v) is 4.55. The Hall–Kier alpha value is -1.74. The van der Waals surface area contributed by atoms with E-state index in [4.69, 9.17) is 16.3 Å². The van der Waals surface area contributed by atoms with Crippen LogP contribution in [0.2, 0.25) is 0 Å². The zero-order valence-electron chi connectivity index (χ0n) is 11.1. The van der Waals surface area contributed by atoms with Crippen LogP contribution >= 0.6 is 0 Å². The van der Waals surface area contributed by atoms with E-state index >= 15 is 0 Å². The molecule has 106 valence electrons. The molecule has 2 unspecified atom stereocenters. The van der Waals surface area contributed by atoms with Gasteiger partial charge in [-0.15, -0.1) is 12.3 Å². The Bertz CT molecular complexity index is 364. The molecule has 0 aromatic heterocycles. The van der Waals surface area contributed by atoms with Crippen LogP contribution in [0.3, 0.4) is 0 Å². The molecule has 1 heterocycles. The first-order chi connectivity index (χ1) is 9.07. The van der Waals surface area contributed by atoms with Crippen molar-refractivity contribution in [3.05, 3.63) is 0 Å². The molecule has 6 nitrogen and oxygen atoms in total. The number of urea groups is 1. The van der Waals surface area contributed by atoms with E-state index in [-0.39, 0.29) is 19.2 Å². The Balaban J connectivity index is 2.35. The summed E-state index contributed by atoms with van der Waals surface area (Å²) in [6.45, 7) is 0.952. The van der Waals surface area contributed by atoms with Crippen LogP contribution in [0.25, 0.3) is 0 Å². The van der Waals surface area contributed by atoms with Crippen LogP contribution in [0.5, 0.6) is 0 Å². The Morgan fingerprint density at radius 2 is 2.21 bits per heavy atom. The number of rotatable bonds is 6. The van der Waals surface area contributed by atoms with Crippen LogP contribution in [-0.2, 0) is 9.53 Å². The SMILES string of the molecule is C#CCCCCNC(=O)N(C)C1COCC1C(=O)O. The number of hydrogen-bond acceptors (Lipinski definition) is 3. The largest absolute Gasteiger partial charge is 0.481 e. The van der Waals surface area contributed by atoms with E-state index in [2.05, 4.69) is 11.2 Å². The third-order valence-electron chi connectivity index (χ3n) is 3.21. The molecule has 0 saturated carbocycles. The number of ether oxygens (including phenoxy) is 1. The van der Waals surface area contributed by atoms with Crippen LogP contribution in [0, 0.1) is 18.3 Å². The molecule has 2 amide bonds. The molecule has 0 aliphatic carbocycles. The van der Waals surface area contributed by atoms with Crippen molar-refractivity contribution < 1.29 is 19.4 Å². The van der Waals surface area contributed by atoms with Gasteiger partial charge < -0.3 is 20.1 Å². The third-order valence-corrected chi connectivity index (χ3v) is 3.21. The monoisotopic (exact) mass is 268 g/mol. The van der Waals surface area contributed by atoms with Gasteiger partial charge in [-0.05, 0) is 12.8 Å². The summed E-state index contributed by atoms with van der Waals surface area (Å²) in [5.74, 6) is 0.947. The number of carboxylic acid groups (broad SMARTS) is 1. The van der Waals surface area contributed by atoms with Crippen molar-refractivity contribution in [2.45, 2.75) is 25.3 Å². The number of carboxylic acids is 1. The molecule has 1 aliphatic heterocycles. The molecular formula is C13H20N2O4. The van der Waals surface area contributed by atoms with Crippen molar-refractivity contribution in [3.8, 4) is 12.3 Å². The maximum Gasteiger partial charge on any atom is 0.317 e. The molecule has 0 bridgehead atoms. The summed E-state index contributed by atoms with van der Waals surface area (Å²) in [5, 5.41) is 11.8. The van der Waals surface area contributed by atoms with Gasteiger partial charge in [-0.3, -0.25) is 4.79 Å². The fraction of sp³-hybridized carbons (Fsp3) is 0.692. The lowest BCUT2D eigenvalue weighted by Gasteiger charge is -2.26. The molecule has 6 heteroatoms. The van der Waals surface area contributed by atoms with Crippen molar-refractivity contribution in [1.82, 2.24) is 10.2 Å². The average molecular weight is 268 g/mol. The van der Waals surface area contributed by atoms with Crippen LogP contribution < -0.4 is 5.32 Å². The number of amides is 2. The van der Waals surface area contributed by atoms with Gasteiger partial charge in [0.2, 0.25) is 0 Å². The van der Waals surface area contributed by atoms with Gasteiger partial charge in [0.25, 0.3) is 0 Å². The number of terminal acetylenes is 1. The first kappa shape index (κ1) is 15.3. The van der Waals surface area contributed by atoms with Crippen molar-refractivity contribution in [3.63, 3.8) is 0 Å². The van der Waals surface area contributed by atoms with Gasteiger partial charge in [-0.2, -0.15) is 0 Å². The Labute approximate surface area is 113 Å². The van der Waals surface area contributed by atoms with Gasteiger partial charge in [0, 0.05) is 20.0 Å². The Kier molecular flexibility index (Phi) is 6.16. The van der Waals surface area contributed by atoms with E-state index in [0.717, 1.165) is 12.8 Å².